The normalized spacial score (nSPS) is 15.2. The van der Waals surface area contributed by atoms with Gasteiger partial charge < -0.3 is 11.1 Å². The molecule has 16 heavy (non-hydrogen) atoms. The number of hydroxylamine groups is 1. The van der Waals surface area contributed by atoms with E-state index in [4.69, 9.17) is 10.6 Å². The fourth-order valence-electron chi connectivity index (χ4n) is 1.70. The lowest BCUT2D eigenvalue weighted by Gasteiger charge is -2.18. The number of carbonyl (C=O) groups excluding carboxylic acids is 1. The molecule has 0 aliphatic carbocycles. The van der Waals surface area contributed by atoms with Crippen LogP contribution in [-0.4, -0.2) is 26.1 Å². The quantitative estimate of drug-likeness (QED) is 0.724. The van der Waals surface area contributed by atoms with Crippen molar-refractivity contribution < 1.29 is 9.63 Å². The Labute approximate surface area is 94.1 Å². The summed E-state index contributed by atoms with van der Waals surface area (Å²) in [4.78, 5) is 16.8. The molecule has 1 amide bonds. The molecule has 2 rings (SSSR count). The zero-order valence-electron chi connectivity index (χ0n) is 9.19. The summed E-state index contributed by atoms with van der Waals surface area (Å²) < 4.78 is 0. The average molecular weight is 221 g/mol. The van der Waals surface area contributed by atoms with Gasteiger partial charge in [-0.25, -0.2) is 0 Å². The number of anilines is 2. The van der Waals surface area contributed by atoms with Crippen LogP contribution >= 0.6 is 0 Å². The third-order valence-electron chi connectivity index (χ3n) is 2.54. The minimum Gasteiger partial charge on any atom is -0.397 e. The molecule has 5 heteroatoms. The second kappa shape index (κ2) is 4.40. The van der Waals surface area contributed by atoms with Gasteiger partial charge in [0.05, 0.1) is 18.0 Å². The van der Waals surface area contributed by atoms with Crippen LogP contribution in [0.1, 0.15) is 16.8 Å². The maximum Gasteiger partial charge on any atom is 0.251 e. The van der Waals surface area contributed by atoms with Gasteiger partial charge in [-0.2, -0.15) is 0 Å². The van der Waals surface area contributed by atoms with E-state index in [0.717, 1.165) is 25.3 Å². The van der Waals surface area contributed by atoms with E-state index >= 15 is 0 Å². The van der Waals surface area contributed by atoms with Crippen molar-refractivity contribution in [3.8, 4) is 0 Å². The molecule has 1 aliphatic heterocycles. The first kappa shape index (κ1) is 10.8. The Balaban J connectivity index is 2.25. The van der Waals surface area contributed by atoms with Crippen molar-refractivity contribution in [1.29, 1.82) is 0 Å². The molecule has 0 bridgehead atoms. The summed E-state index contributed by atoms with van der Waals surface area (Å²) in [5.74, 6) is -0.138. The number of hydrogen-bond donors (Lipinski definition) is 2. The third-order valence-corrected chi connectivity index (χ3v) is 2.54. The zero-order valence-corrected chi connectivity index (χ0v) is 9.19. The molecular formula is C11H15N3O2. The zero-order chi connectivity index (χ0) is 11.5. The van der Waals surface area contributed by atoms with Crippen LogP contribution in [0.4, 0.5) is 11.4 Å². The van der Waals surface area contributed by atoms with Gasteiger partial charge in [0, 0.05) is 19.2 Å². The molecule has 1 heterocycles. The fourth-order valence-corrected chi connectivity index (χ4v) is 1.70. The van der Waals surface area contributed by atoms with E-state index in [-0.39, 0.29) is 5.91 Å². The van der Waals surface area contributed by atoms with E-state index in [2.05, 4.69) is 5.32 Å². The summed E-state index contributed by atoms with van der Waals surface area (Å²) in [5, 5.41) is 4.32. The van der Waals surface area contributed by atoms with Crippen molar-refractivity contribution >= 4 is 17.3 Å². The van der Waals surface area contributed by atoms with E-state index in [1.165, 1.54) is 0 Å². The molecule has 0 radical (unpaired) electrons. The third kappa shape index (κ3) is 1.94. The average Bonchev–Trinajstić information content (AvgIpc) is 2.81. The summed E-state index contributed by atoms with van der Waals surface area (Å²) in [6.45, 7) is 1.56. The molecule has 0 atom stereocenters. The number of nitrogens with two attached hydrogens (primary N) is 1. The number of nitrogens with zero attached hydrogens (tertiary/aromatic N) is 1. The summed E-state index contributed by atoms with van der Waals surface area (Å²) >= 11 is 0. The van der Waals surface area contributed by atoms with Crippen LogP contribution < -0.4 is 16.1 Å². The number of rotatable bonds is 2. The first-order valence-electron chi connectivity index (χ1n) is 5.24. The highest BCUT2D eigenvalue weighted by atomic mass is 16.7. The molecule has 1 aromatic rings. The lowest BCUT2D eigenvalue weighted by molar-refractivity contribution is 0.0963. The van der Waals surface area contributed by atoms with E-state index < -0.39 is 0 Å². The van der Waals surface area contributed by atoms with E-state index in [9.17, 15) is 4.79 Å². The van der Waals surface area contributed by atoms with Gasteiger partial charge in [0.15, 0.2) is 0 Å². The van der Waals surface area contributed by atoms with E-state index in [1.54, 1.807) is 24.2 Å². The van der Waals surface area contributed by atoms with Gasteiger partial charge in [0.1, 0.15) is 0 Å². The molecule has 1 aliphatic rings. The van der Waals surface area contributed by atoms with Crippen LogP contribution in [0.5, 0.6) is 0 Å². The molecule has 3 N–H and O–H groups in total. The lowest BCUT2D eigenvalue weighted by atomic mass is 10.1. The number of amides is 1. The Morgan fingerprint density at radius 1 is 1.56 bits per heavy atom. The maximum absolute atomic E-state index is 11.4. The predicted octanol–water partition coefficient (Wildman–Crippen LogP) is 0.770. The summed E-state index contributed by atoms with van der Waals surface area (Å²) in [5.41, 5.74) is 7.83. The van der Waals surface area contributed by atoms with Crippen LogP contribution in [0.25, 0.3) is 0 Å². The van der Waals surface area contributed by atoms with Gasteiger partial charge in [-0.3, -0.25) is 14.7 Å². The Morgan fingerprint density at radius 2 is 2.38 bits per heavy atom. The monoisotopic (exact) mass is 221 g/mol. The molecule has 0 spiro atoms. The first-order chi connectivity index (χ1) is 7.72. The number of nitrogens with one attached hydrogen (secondary N) is 1. The van der Waals surface area contributed by atoms with Crippen LogP contribution in [0.3, 0.4) is 0 Å². The van der Waals surface area contributed by atoms with Crippen molar-refractivity contribution in [1.82, 2.24) is 5.32 Å². The predicted molar refractivity (Wildman–Crippen MR) is 62.2 cm³/mol. The van der Waals surface area contributed by atoms with Gasteiger partial charge in [-0.1, -0.05) is 0 Å². The minimum atomic E-state index is -0.138. The molecule has 1 saturated heterocycles. The van der Waals surface area contributed by atoms with Gasteiger partial charge in [0.25, 0.3) is 5.91 Å². The van der Waals surface area contributed by atoms with Gasteiger partial charge >= 0.3 is 0 Å². The van der Waals surface area contributed by atoms with Crippen molar-refractivity contribution in [3.05, 3.63) is 23.8 Å². The summed E-state index contributed by atoms with van der Waals surface area (Å²) in [7, 11) is 1.59. The number of benzene rings is 1. The first-order valence-corrected chi connectivity index (χ1v) is 5.24. The van der Waals surface area contributed by atoms with Crippen LogP contribution in [0.2, 0.25) is 0 Å². The fraction of sp³-hybridized carbons (Fsp3) is 0.364. The Hall–Kier alpha value is -1.75. The Morgan fingerprint density at radius 3 is 2.94 bits per heavy atom. The minimum absolute atomic E-state index is 0.138. The molecule has 1 aromatic carbocycles. The molecular weight excluding hydrogens is 206 g/mol. The largest absolute Gasteiger partial charge is 0.397 e. The number of hydrogen-bond acceptors (Lipinski definition) is 4. The smallest absolute Gasteiger partial charge is 0.251 e. The van der Waals surface area contributed by atoms with Crippen molar-refractivity contribution in [3.63, 3.8) is 0 Å². The highest BCUT2D eigenvalue weighted by Crippen LogP contribution is 2.26. The van der Waals surface area contributed by atoms with E-state index in [1.807, 2.05) is 6.07 Å². The van der Waals surface area contributed by atoms with Gasteiger partial charge in [-0.15, -0.1) is 0 Å². The van der Waals surface area contributed by atoms with E-state index in [0.29, 0.717) is 11.3 Å². The maximum atomic E-state index is 11.4. The molecule has 0 unspecified atom stereocenters. The van der Waals surface area contributed by atoms with Gasteiger partial charge in [0.2, 0.25) is 0 Å². The van der Waals surface area contributed by atoms with Gasteiger partial charge in [-0.05, 0) is 24.6 Å². The second-order valence-corrected chi connectivity index (χ2v) is 3.64. The molecule has 1 fully saturated rings. The van der Waals surface area contributed by atoms with Crippen LogP contribution in [-0.2, 0) is 4.84 Å². The highest BCUT2D eigenvalue weighted by molar-refractivity contribution is 5.95. The highest BCUT2D eigenvalue weighted by Gasteiger charge is 2.16. The molecule has 0 aromatic heterocycles. The summed E-state index contributed by atoms with van der Waals surface area (Å²) in [6, 6.07) is 5.22. The number of carbonyl (C=O) groups is 1. The topological polar surface area (TPSA) is 67.6 Å². The summed E-state index contributed by atoms with van der Waals surface area (Å²) in [6.07, 6.45) is 0.997. The SMILES string of the molecule is CNC(=O)c1ccc(N2CCCO2)c(N)c1. The Bertz CT molecular complexity index is 400. The molecule has 5 nitrogen and oxygen atoms in total. The number of nitrogen functional groups attached to an aromatic ring is 1. The van der Waals surface area contributed by atoms with Crippen LogP contribution in [0.15, 0.2) is 18.2 Å². The van der Waals surface area contributed by atoms with Crippen molar-refractivity contribution in [2.75, 3.05) is 31.0 Å². The lowest BCUT2D eigenvalue weighted by Crippen LogP contribution is -2.20. The molecule has 0 saturated carbocycles. The van der Waals surface area contributed by atoms with Crippen molar-refractivity contribution in [2.45, 2.75) is 6.42 Å². The standard InChI is InChI=1S/C11H15N3O2/c1-13-11(15)8-3-4-10(9(12)7-8)14-5-2-6-16-14/h3-4,7H,2,5-6,12H2,1H3,(H,13,15). The van der Waals surface area contributed by atoms with Crippen LogP contribution in [0, 0.1) is 0 Å². The Kier molecular flexibility index (Phi) is 2.96. The molecule has 86 valence electrons. The second-order valence-electron chi connectivity index (χ2n) is 3.64. The van der Waals surface area contributed by atoms with Crippen molar-refractivity contribution in [2.24, 2.45) is 0 Å².